The molecule has 0 aromatic rings. The van der Waals surface area contributed by atoms with Crippen LogP contribution >= 0.6 is 0 Å². The van der Waals surface area contributed by atoms with Crippen molar-refractivity contribution in [2.75, 3.05) is 0 Å². The molecule has 9 heteroatoms. The van der Waals surface area contributed by atoms with Gasteiger partial charge in [-0.1, -0.05) is 0 Å². The zero-order valence-electron chi connectivity index (χ0n) is 3.14. The minimum absolute atomic E-state index is 0. The van der Waals surface area contributed by atoms with E-state index in [1.165, 1.54) is 0 Å². The van der Waals surface area contributed by atoms with Gasteiger partial charge >= 0.3 is 46.8 Å². The van der Waals surface area contributed by atoms with E-state index in [1.54, 1.807) is 0 Å². The summed E-state index contributed by atoms with van der Waals surface area (Å²) in [6.07, 6.45) is 0. The molecule has 0 rings (SSSR count). The van der Waals surface area contributed by atoms with Crippen molar-refractivity contribution in [2.24, 2.45) is 0 Å². The topological polar surface area (TPSA) is 112 Å². The second kappa shape index (κ2) is 13.0. The summed E-state index contributed by atoms with van der Waals surface area (Å²) in [5, 5.41) is 0. The Labute approximate surface area is 104 Å². The van der Waals surface area contributed by atoms with Crippen molar-refractivity contribution in [2.45, 2.75) is 0 Å². The Bertz CT molecular complexity index is 32.4. The van der Waals surface area contributed by atoms with Crippen LogP contribution in [0.4, 0.5) is 0 Å². The van der Waals surface area contributed by atoms with Gasteiger partial charge in [-0.2, -0.15) is 0 Å². The molecule has 0 amide bonds. The fourth-order valence-electron chi connectivity index (χ4n) is 0. The number of hydrogen-bond donors (Lipinski definition) is 4. The molecular formula is H11AlCaFeO5Si. The molecule has 0 fully saturated rings. The third-order valence-corrected chi connectivity index (χ3v) is 0. The Morgan fingerprint density at radius 1 is 0.889 bits per heavy atom. The number of rotatable bonds is 0. The van der Waals surface area contributed by atoms with Gasteiger partial charge in [0.25, 0.3) is 0 Å². The van der Waals surface area contributed by atoms with E-state index < -0.39 is 9.05 Å². The molecule has 0 spiro atoms. The first-order valence-corrected chi connectivity index (χ1v) is 2.68. The molecular weight excluding hydrogens is 231 g/mol. The molecule has 0 aliphatic rings. The molecule has 58 valence electrons. The SMILES string of the molecule is O.O[Si](O)(O)O.[AlH3].[CaH2].[Fe]. The van der Waals surface area contributed by atoms with Crippen LogP contribution in [-0.4, -0.2) is 88.8 Å². The van der Waals surface area contributed by atoms with Crippen molar-refractivity contribution in [3.8, 4) is 0 Å². The summed E-state index contributed by atoms with van der Waals surface area (Å²) < 4.78 is 0. The standard InChI is InChI=1S/Al.Ca.Fe.H4O4Si.H2O.5H/c;;;1-5(2,3)4;;;;;;/h;;;1-4H;1H2;;;;;. The van der Waals surface area contributed by atoms with Crippen LogP contribution in [0.3, 0.4) is 0 Å². The first kappa shape index (κ1) is 30.2. The van der Waals surface area contributed by atoms with Gasteiger partial charge in [0, 0.05) is 17.1 Å². The van der Waals surface area contributed by atoms with E-state index in [0.29, 0.717) is 0 Å². The Balaban J connectivity index is -0.0000000133. The Hall–Kier alpha value is 2.33. The molecule has 6 N–H and O–H groups in total. The monoisotopic (exact) mass is 242 g/mol. The quantitative estimate of drug-likeness (QED) is 0.317. The predicted molar refractivity (Wildman–Crippen MR) is 36.7 cm³/mol. The van der Waals surface area contributed by atoms with E-state index in [0.717, 1.165) is 0 Å². The van der Waals surface area contributed by atoms with E-state index in [2.05, 4.69) is 0 Å². The molecule has 5 nitrogen and oxygen atoms in total. The molecule has 9 heavy (non-hydrogen) atoms. The molecule has 0 radical (unpaired) electrons. The molecule has 0 bridgehead atoms. The molecule has 0 aromatic heterocycles. The summed E-state index contributed by atoms with van der Waals surface area (Å²) in [6.45, 7) is 0. The third-order valence-electron chi connectivity index (χ3n) is 0. The van der Waals surface area contributed by atoms with Gasteiger partial charge < -0.3 is 24.7 Å². The zero-order valence-corrected chi connectivity index (χ0v) is 5.25. The van der Waals surface area contributed by atoms with Gasteiger partial charge in [0.1, 0.15) is 0 Å². The maximum atomic E-state index is 7.33. The Morgan fingerprint density at radius 2 is 0.889 bits per heavy atom. The Morgan fingerprint density at radius 3 is 0.889 bits per heavy atom. The second-order valence-corrected chi connectivity index (χ2v) is 1.80. The van der Waals surface area contributed by atoms with E-state index in [9.17, 15) is 0 Å². The zero-order chi connectivity index (χ0) is 4.50. The van der Waals surface area contributed by atoms with E-state index in [1.807, 2.05) is 0 Å². The molecule has 0 aliphatic heterocycles. The summed E-state index contributed by atoms with van der Waals surface area (Å²) in [5.41, 5.74) is 0. The van der Waals surface area contributed by atoms with E-state index in [-0.39, 0.29) is 77.6 Å². The normalized spacial score (nSPS) is 6.67. The molecule has 0 saturated heterocycles. The molecule has 0 aromatic carbocycles. The summed E-state index contributed by atoms with van der Waals surface area (Å²) >= 11 is 0. The van der Waals surface area contributed by atoms with Crippen LogP contribution in [0.2, 0.25) is 0 Å². The van der Waals surface area contributed by atoms with Gasteiger partial charge in [0.05, 0.1) is 0 Å². The van der Waals surface area contributed by atoms with Crippen LogP contribution in [0.15, 0.2) is 0 Å². The molecule has 0 atom stereocenters. The van der Waals surface area contributed by atoms with Gasteiger partial charge in [-0.25, -0.2) is 0 Å². The minimum Gasteiger partial charge on any atom is 0 e. The van der Waals surface area contributed by atoms with Gasteiger partial charge in [-0.05, 0) is 0 Å². The van der Waals surface area contributed by atoms with Gasteiger partial charge in [0.2, 0.25) is 0 Å². The molecule has 0 unspecified atom stereocenters. The van der Waals surface area contributed by atoms with Gasteiger partial charge in [-0.3, -0.25) is 0 Å². The van der Waals surface area contributed by atoms with Crippen molar-refractivity contribution in [3.63, 3.8) is 0 Å². The van der Waals surface area contributed by atoms with E-state index >= 15 is 0 Å². The first-order chi connectivity index (χ1) is 2.00. The van der Waals surface area contributed by atoms with Crippen LogP contribution in [0.5, 0.6) is 0 Å². The van der Waals surface area contributed by atoms with Crippen LogP contribution in [0.1, 0.15) is 0 Å². The predicted octanol–water partition coefficient (Wildman–Crippen LogP) is -5.54. The second-order valence-electron chi connectivity index (χ2n) is 0.600. The summed E-state index contributed by atoms with van der Waals surface area (Å²) in [4.78, 5) is 29.3. The largest absolute Gasteiger partial charge is 0 e. The van der Waals surface area contributed by atoms with Crippen LogP contribution in [-0.2, 0) is 17.1 Å². The number of hydrogen-bond acceptors (Lipinski definition) is 4. The molecule has 0 aliphatic carbocycles. The van der Waals surface area contributed by atoms with Crippen molar-refractivity contribution in [1.82, 2.24) is 0 Å². The van der Waals surface area contributed by atoms with Gasteiger partial charge in [-0.15, -0.1) is 0 Å². The summed E-state index contributed by atoms with van der Waals surface area (Å²) in [5.74, 6) is 0. The van der Waals surface area contributed by atoms with Crippen molar-refractivity contribution >= 4 is 64.1 Å². The molecule has 0 heterocycles. The molecule has 0 saturated carbocycles. The minimum atomic E-state index is -4.61. The average molecular weight is 242 g/mol. The van der Waals surface area contributed by atoms with Crippen LogP contribution in [0.25, 0.3) is 0 Å². The maximum absolute atomic E-state index is 7.33. The fourth-order valence-corrected chi connectivity index (χ4v) is 0. The maximum Gasteiger partial charge on any atom is 0 e. The van der Waals surface area contributed by atoms with Crippen molar-refractivity contribution < 1.29 is 41.7 Å². The average Bonchev–Trinajstić information content (AvgIpc) is 0.722. The summed E-state index contributed by atoms with van der Waals surface area (Å²) in [7, 11) is -4.61. The first-order valence-electron chi connectivity index (χ1n) is 0.894. The van der Waals surface area contributed by atoms with Crippen LogP contribution < -0.4 is 0 Å². The third kappa shape index (κ3) is 132. The van der Waals surface area contributed by atoms with Crippen molar-refractivity contribution in [3.05, 3.63) is 0 Å². The summed E-state index contributed by atoms with van der Waals surface area (Å²) in [6, 6.07) is 0. The van der Waals surface area contributed by atoms with Gasteiger partial charge in [0.15, 0.2) is 17.4 Å². The Kier molecular flexibility index (Phi) is 43.4. The van der Waals surface area contributed by atoms with E-state index in [4.69, 9.17) is 19.2 Å². The van der Waals surface area contributed by atoms with Crippen LogP contribution in [0, 0.1) is 0 Å². The fraction of sp³-hybridized carbons (Fsp3) is 0. The van der Waals surface area contributed by atoms with Crippen molar-refractivity contribution in [1.29, 1.82) is 0 Å². The smallest absolute Gasteiger partial charge is 0 e.